The van der Waals surface area contributed by atoms with E-state index >= 15 is 0 Å². The van der Waals surface area contributed by atoms with Crippen LogP contribution in [0.2, 0.25) is 5.02 Å². The number of piperazine rings is 1. The zero-order valence-corrected chi connectivity index (χ0v) is 17.4. The van der Waals surface area contributed by atoms with Gasteiger partial charge in [0.1, 0.15) is 5.02 Å². The smallest absolute Gasteiger partial charge is 0.408 e. The van der Waals surface area contributed by atoms with Crippen molar-refractivity contribution in [1.82, 2.24) is 19.2 Å². The molecule has 1 aliphatic rings. The highest BCUT2D eigenvalue weighted by molar-refractivity contribution is 6.33. The van der Waals surface area contributed by atoms with Gasteiger partial charge in [-0.2, -0.15) is 9.78 Å². The molecular formula is C22H20ClN5O3. The number of para-hydroxylation sites is 3. The number of nitrogens with zero attached hydrogens (tertiary/aromatic N) is 5. The van der Waals surface area contributed by atoms with Crippen LogP contribution < -0.4 is 16.2 Å². The van der Waals surface area contributed by atoms with Gasteiger partial charge in [0, 0.05) is 26.2 Å². The monoisotopic (exact) mass is 437 g/mol. The number of hydrogen-bond donors (Lipinski definition) is 0. The summed E-state index contributed by atoms with van der Waals surface area (Å²) in [5, 5.41) is 4.47. The van der Waals surface area contributed by atoms with Gasteiger partial charge in [-0.1, -0.05) is 41.9 Å². The van der Waals surface area contributed by atoms with Crippen molar-refractivity contribution in [2.45, 2.75) is 6.67 Å². The molecular weight excluding hydrogens is 418 g/mol. The van der Waals surface area contributed by atoms with E-state index in [9.17, 15) is 9.59 Å². The number of anilines is 1. The maximum absolute atomic E-state index is 12.8. The van der Waals surface area contributed by atoms with Gasteiger partial charge in [-0.15, -0.1) is 0 Å². The third kappa shape index (κ3) is 3.64. The number of hydrogen-bond acceptors (Lipinski definition) is 6. The second kappa shape index (κ2) is 8.05. The normalized spacial score (nSPS) is 14.9. The van der Waals surface area contributed by atoms with E-state index in [-0.39, 0.29) is 16.3 Å². The predicted molar refractivity (Wildman–Crippen MR) is 119 cm³/mol. The average molecular weight is 438 g/mol. The Bertz CT molecular complexity index is 1340. The summed E-state index contributed by atoms with van der Waals surface area (Å²) in [7, 11) is 0. The number of rotatable bonds is 4. The molecule has 9 heteroatoms. The third-order valence-corrected chi connectivity index (χ3v) is 5.88. The van der Waals surface area contributed by atoms with Crippen molar-refractivity contribution < 1.29 is 4.42 Å². The molecule has 4 aromatic rings. The van der Waals surface area contributed by atoms with E-state index in [1.807, 2.05) is 48.5 Å². The van der Waals surface area contributed by atoms with Crippen LogP contribution in [0.25, 0.3) is 16.8 Å². The fourth-order valence-electron chi connectivity index (χ4n) is 3.88. The first-order valence-electron chi connectivity index (χ1n) is 10.0. The van der Waals surface area contributed by atoms with Crippen LogP contribution in [0.1, 0.15) is 0 Å². The van der Waals surface area contributed by atoms with E-state index in [1.54, 1.807) is 16.8 Å². The Morgan fingerprint density at radius 3 is 2.42 bits per heavy atom. The lowest BCUT2D eigenvalue weighted by Crippen LogP contribution is -2.48. The fraction of sp³-hybridized carbons (Fsp3) is 0.227. The van der Waals surface area contributed by atoms with E-state index in [0.29, 0.717) is 49.8 Å². The van der Waals surface area contributed by atoms with Crippen molar-refractivity contribution in [2.24, 2.45) is 0 Å². The number of fused-ring (bicyclic) bond motifs is 1. The molecule has 0 saturated carbocycles. The highest BCUT2D eigenvalue weighted by Crippen LogP contribution is 2.23. The molecule has 0 N–H and O–H groups in total. The van der Waals surface area contributed by atoms with Crippen molar-refractivity contribution in [3.63, 3.8) is 0 Å². The molecule has 0 amide bonds. The SMILES string of the molecule is O=c1c(Cl)c(N2CCN(Cn3c(=O)oc4ccccc43)CC2)cnn1-c1ccccc1. The number of benzene rings is 2. The number of aromatic nitrogens is 3. The molecule has 0 spiro atoms. The zero-order valence-electron chi connectivity index (χ0n) is 16.6. The second-order valence-corrected chi connectivity index (χ2v) is 7.78. The number of halogens is 1. The topological polar surface area (TPSA) is 76.5 Å². The minimum absolute atomic E-state index is 0.157. The molecule has 1 fully saturated rings. The molecule has 1 aliphatic heterocycles. The van der Waals surface area contributed by atoms with Gasteiger partial charge < -0.3 is 9.32 Å². The minimum atomic E-state index is -0.361. The molecule has 1 saturated heterocycles. The standard InChI is InChI=1S/C22H20ClN5O3/c23-20-18(14-24-28(21(20)29)16-6-2-1-3-7-16)26-12-10-25(11-13-26)15-27-17-8-4-5-9-19(17)31-22(27)30/h1-9,14H,10-13,15H2. The Labute approximate surface area is 182 Å². The van der Waals surface area contributed by atoms with E-state index < -0.39 is 0 Å². The van der Waals surface area contributed by atoms with Crippen molar-refractivity contribution >= 4 is 28.4 Å². The molecule has 2 aromatic carbocycles. The molecule has 31 heavy (non-hydrogen) atoms. The van der Waals surface area contributed by atoms with E-state index in [2.05, 4.69) is 14.9 Å². The lowest BCUT2D eigenvalue weighted by molar-refractivity contribution is 0.202. The first-order chi connectivity index (χ1) is 15.1. The summed E-state index contributed by atoms with van der Waals surface area (Å²) in [5.41, 5.74) is 2.33. The summed E-state index contributed by atoms with van der Waals surface area (Å²) in [6, 6.07) is 16.6. The molecule has 3 heterocycles. The lowest BCUT2D eigenvalue weighted by atomic mass is 10.3. The van der Waals surface area contributed by atoms with Crippen LogP contribution in [0.3, 0.4) is 0 Å². The molecule has 0 unspecified atom stereocenters. The third-order valence-electron chi connectivity index (χ3n) is 5.53. The van der Waals surface area contributed by atoms with Crippen LogP contribution in [-0.2, 0) is 6.67 Å². The van der Waals surface area contributed by atoms with Gasteiger partial charge in [-0.3, -0.25) is 14.3 Å². The minimum Gasteiger partial charge on any atom is -0.408 e. The molecule has 158 valence electrons. The van der Waals surface area contributed by atoms with Crippen LogP contribution in [0.15, 0.2) is 74.8 Å². The Hall–Kier alpha value is -3.36. The van der Waals surface area contributed by atoms with Crippen molar-refractivity contribution in [2.75, 3.05) is 31.1 Å². The Morgan fingerprint density at radius 1 is 0.935 bits per heavy atom. The zero-order chi connectivity index (χ0) is 21.4. The van der Waals surface area contributed by atoms with Gasteiger partial charge in [-0.25, -0.2) is 4.79 Å². The van der Waals surface area contributed by atoms with Crippen LogP contribution in [0, 0.1) is 0 Å². The van der Waals surface area contributed by atoms with Gasteiger partial charge in [-0.05, 0) is 24.3 Å². The Morgan fingerprint density at radius 2 is 1.65 bits per heavy atom. The average Bonchev–Trinajstić information content (AvgIpc) is 3.12. The molecule has 0 radical (unpaired) electrons. The van der Waals surface area contributed by atoms with Crippen molar-refractivity contribution in [1.29, 1.82) is 0 Å². The molecule has 2 aromatic heterocycles. The van der Waals surface area contributed by atoms with Gasteiger partial charge in [0.2, 0.25) is 0 Å². The summed E-state index contributed by atoms with van der Waals surface area (Å²) in [4.78, 5) is 29.2. The summed E-state index contributed by atoms with van der Waals surface area (Å²) in [5.74, 6) is -0.361. The van der Waals surface area contributed by atoms with Gasteiger partial charge in [0.05, 0.1) is 29.8 Å². The second-order valence-electron chi connectivity index (χ2n) is 7.41. The molecule has 0 atom stereocenters. The highest BCUT2D eigenvalue weighted by atomic mass is 35.5. The maximum atomic E-state index is 12.8. The summed E-state index contributed by atoms with van der Waals surface area (Å²) in [6.07, 6.45) is 1.64. The molecule has 0 aliphatic carbocycles. The maximum Gasteiger partial charge on any atom is 0.421 e. The van der Waals surface area contributed by atoms with Gasteiger partial charge in [0.15, 0.2) is 5.58 Å². The van der Waals surface area contributed by atoms with Crippen molar-refractivity contribution in [3.8, 4) is 5.69 Å². The van der Waals surface area contributed by atoms with E-state index in [1.165, 1.54) is 4.68 Å². The summed E-state index contributed by atoms with van der Waals surface area (Å²) in [6.45, 7) is 3.21. The quantitative estimate of drug-likeness (QED) is 0.488. The Kier molecular flexibility index (Phi) is 5.09. The van der Waals surface area contributed by atoms with Crippen LogP contribution in [0.4, 0.5) is 5.69 Å². The first-order valence-corrected chi connectivity index (χ1v) is 10.4. The van der Waals surface area contributed by atoms with E-state index in [0.717, 1.165) is 5.52 Å². The molecule has 8 nitrogen and oxygen atoms in total. The predicted octanol–water partition coefficient (Wildman–Crippen LogP) is 2.57. The molecule has 5 rings (SSSR count). The molecule has 0 bridgehead atoms. The van der Waals surface area contributed by atoms with E-state index in [4.69, 9.17) is 16.0 Å². The lowest BCUT2D eigenvalue weighted by Gasteiger charge is -2.36. The fourth-order valence-corrected chi connectivity index (χ4v) is 4.12. The largest absolute Gasteiger partial charge is 0.421 e. The summed E-state index contributed by atoms with van der Waals surface area (Å²) >= 11 is 6.43. The van der Waals surface area contributed by atoms with Gasteiger partial charge >= 0.3 is 5.76 Å². The first kappa shape index (κ1) is 19.6. The van der Waals surface area contributed by atoms with Gasteiger partial charge in [0.25, 0.3) is 5.56 Å². The van der Waals surface area contributed by atoms with Crippen molar-refractivity contribution in [3.05, 3.63) is 86.7 Å². The van der Waals surface area contributed by atoms with Crippen LogP contribution in [0.5, 0.6) is 0 Å². The Balaban J connectivity index is 1.32. The number of oxazole rings is 1. The summed E-state index contributed by atoms with van der Waals surface area (Å²) < 4.78 is 8.26. The van der Waals surface area contributed by atoms with Crippen LogP contribution >= 0.6 is 11.6 Å². The van der Waals surface area contributed by atoms with Crippen LogP contribution in [-0.4, -0.2) is 45.4 Å². The highest BCUT2D eigenvalue weighted by Gasteiger charge is 2.23.